The highest BCUT2D eigenvalue weighted by atomic mass is 16.6. The molecule has 80 valence electrons. The number of carbonyl (C=O) groups is 1. The van der Waals surface area contributed by atoms with Crippen LogP contribution in [0.1, 0.15) is 6.42 Å². The molecule has 5 nitrogen and oxygen atoms in total. The second-order valence-electron chi connectivity index (χ2n) is 3.56. The quantitative estimate of drug-likeness (QED) is 0.613. The topological polar surface area (TPSA) is 75.8 Å². The largest absolute Gasteiger partial charge is 0.445 e. The van der Waals surface area contributed by atoms with Crippen molar-refractivity contribution < 1.29 is 14.6 Å². The first-order valence-electron chi connectivity index (χ1n) is 4.54. The van der Waals surface area contributed by atoms with Gasteiger partial charge in [-0.1, -0.05) is 12.7 Å². The number of rotatable bonds is 3. The Labute approximate surface area is 83.1 Å². The maximum absolute atomic E-state index is 11.3. The molecule has 0 aromatic heterocycles. The van der Waals surface area contributed by atoms with Crippen LogP contribution in [0.25, 0.3) is 0 Å². The smallest absolute Gasteiger partial charge is 0.410 e. The molecule has 0 aromatic carbocycles. The van der Waals surface area contributed by atoms with Crippen molar-refractivity contribution in [1.29, 1.82) is 0 Å². The van der Waals surface area contributed by atoms with Crippen LogP contribution in [0.5, 0.6) is 0 Å². The molecule has 1 saturated heterocycles. The van der Waals surface area contributed by atoms with Gasteiger partial charge in [0.1, 0.15) is 6.61 Å². The molecule has 0 spiro atoms. The summed E-state index contributed by atoms with van der Waals surface area (Å²) in [6, 6.07) is 0. The van der Waals surface area contributed by atoms with Crippen LogP contribution in [-0.2, 0) is 4.74 Å². The molecular weight excluding hydrogens is 184 g/mol. The Bertz CT molecular complexity index is 232. The fourth-order valence-electron chi connectivity index (χ4n) is 1.40. The molecule has 0 bridgehead atoms. The van der Waals surface area contributed by atoms with Gasteiger partial charge in [0, 0.05) is 13.1 Å². The van der Waals surface area contributed by atoms with Gasteiger partial charge in [0.2, 0.25) is 0 Å². The SMILES string of the molecule is C=CCOC(=O)N1CC[C@@](N)(CO)C1. The van der Waals surface area contributed by atoms with E-state index < -0.39 is 11.6 Å². The van der Waals surface area contributed by atoms with Crippen molar-refractivity contribution in [2.45, 2.75) is 12.0 Å². The lowest BCUT2D eigenvalue weighted by atomic mass is 10.0. The third-order valence-corrected chi connectivity index (χ3v) is 2.28. The Morgan fingerprint density at radius 1 is 1.79 bits per heavy atom. The summed E-state index contributed by atoms with van der Waals surface area (Å²) in [6.45, 7) is 4.41. The van der Waals surface area contributed by atoms with Gasteiger partial charge in [0.05, 0.1) is 12.1 Å². The molecule has 0 saturated carbocycles. The molecule has 1 aliphatic rings. The lowest BCUT2D eigenvalue weighted by Gasteiger charge is -2.21. The van der Waals surface area contributed by atoms with Gasteiger partial charge in [0.25, 0.3) is 0 Å². The monoisotopic (exact) mass is 200 g/mol. The predicted octanol–water partition coefficient (Wildman–Crippen LogP) is -0.295. The molecule has 0 unspecified atom stereocenters. The maximum Gasteiger partial charge on any atom is 0.410 e. The zero-order chi connectivity index (χ0) is 10.6. The molecule has 3 N–H and O–H groups in total. The molecule has 0 radical (unpaired) electrons. The first-order chi connectivity index (χ1) is 6.61. The first-order valence-corrected chi connectivity index (χ1v) is 4.54. The van der Waals surface area contributed by atoms with Crippen molar-refractivity contribution in [2.75, 3.05) is 26.3 Å². The third-order valence-electron chi connectivity index (χ3n) is 2.28. The standard InChI is InChI=1S/C9H16N2O3/c1-2-5-14-8(13)11-4-3-9(10,6-11)7-12/h2,12H,1,3-7,10H2/t9-/m0/s1. The molecule has 0 aromatic rings. The molecule has 1 fully saturated rings. The number of carbonyl (C=O) groups excluding carboxylic acids is 1. The van der Waals surface area contributed by atoms with E-state index >= 15 is 0 Å². The van der Waals surface area contributed by atoms with E-state index in [1.807, 2.05) is 0 Å². The molecular formula is C9H16N2O3. The Hall–Kier alpha value is -1.07. The number of aliphatic hydroxyl groups excluding tert-OH is 1. The average Bonchev–Trinajstić information content (AvgIpc) is 2.58. The molecule has 1 amide bonds. The van der Waals surface area contributed by atoms with Crippen LogP contribution in [-0.4, -0.2) is 47.9 Å². The number of amides is 1. The lowest BCUT2D eigenvalue weighted by molar-refractivity contribution is 0.116. The number of likely N-dealkylation sites (tertiary alicyclic amines) is 1. The molecule has 1 atom stereocenters. The van der Waals surface area contributed by atoms with Gasteiger partial charge in [-0.2, -0.15) is 0 Å². The van der Waals surface area contributed by atoms with E-state index in [2.05, 4.69) is 6.58 Å². The van der Waals surface area contributed by atoms with E-state index in [4.69, 9.17) is 15.6 Å². The Morgan fingerprint density at radius 3 is 3.00 bits per heavy atom. The number of ether oxygens (including phenoxy) is 1. The van der Waals surface area contributed by atoms with Crippen LogP contribution in [0.15, 0.2) is 12.7 Å². The molecule has 1 heterocycles. The summed E-state index contributed by atoms with van der Waals surface area (Å²) in [5, 5.41) is 8.98. The van der Waals surface area contributed by atoms with Gasteiger partial charge >= 0.3 is 6.09 Å². The number of hydrogen-bond donors (Lipinski definition) is 2. The second-order valence-corrected chi connectivity index (χ2v) is 3.56. The van der Waals surface area contributed by atoms with Crippen LogP contribution < -0.4 is 5.73 Å². The molecule has 1 rings (SSSR count). The average molecular weight is 200 g/mol. The molecule has 5 heteroatoms. The maximum atomic E-state index is 11.3. The van der Waals surface area contributed by atoms with Crippen molar-refractivity contribution in [3.05, 3.63) is 12.7 Å². The number of nitrogens with zero attached hydrogens (tertiary/aromatic N) is 1. The van der Waals surface area contributed by atoms with Crippen molar-refractivity contribution in [3.8, 4) is 0 Å². The van der Waals surface area contributed by atoms with Crippen molar-refractivity contribution in [2.24, 2.45) is 5.73 Å². The van der Waals surface area contributed by atoms with Crippen molar-refractivity contribution in [1.82, 2.24) is 4.90 Å². The van der Waals surface area contributed by atoms with E-state index in [1.165, 1.54) is 11.0 Å². The second kappa shape index (κ2) is 4.43. The minimum Gasteiger partial charge on any atom is -0.445 e. The minimum absolute atomic E-state index is 0.113. The zero-order valence-corrected chi connectivity index (χ0v) is 8.11. The highest BCUT2D eigenvalue weighted by molar-refractivity contribution is 5.68. The highest BCUT2D eigenvalue weighted by Gasteiger charge is 2.36. The Morgan fingerprint density at radius 2 is 2.50 bits per heavy atom. The van der Waals surface area contributed by atoms with Crippen molar-refractivity contribution in [3.63, 3.8) is 0 Å². The summed E-state index contributed by atoms with van der Waals surface area (Å²) < 4.78 is 4.84. The third kappa shape index (κ3) is 2.46. The van der Waals surface area contributed by atoms with E-state index in [9.17, 15) is 4.79 Å². The van der Waals surface area contributed by atoms with Crippen LogP contribution in [0.4, 0.5) is 4.79 Å². The van der Waals surface area contributed by atoms with Gasteiger partial charge in [-0.25, -0.2) is 4.79 Å². The molecule has 1 aliphatic heterocycles. The highest BCUT2D eigenvalue weighted by Crippen LogP contribution is 2.18. The van der Waals surface area contributed by atoms with Gasteiger partial charge in [0.15, 0.2) is 0 Å². The minimum atomic E-state index is -0.660. The van der Waals surface area contributed by atoms with E-state index in [-0.39, 0.29) is 13.2 Å². The summed E-state index contributed by atoms with van der Waals surface area (Å²) in [4.78, 5) is 12.8. The predicted molar refractivity (Wildman–Crippen MR) is 51.7 cm³/mol. The van der Waals surface area contributed by atoms with Crippen LogP contribution in [0, 0.1) is 0 Å². The fourth-order valence-corrected chi connectivity index (χ4v) is 1.40. The zero-order valence-electron chi connectivity index (χ0n) is 8.11. The summed E-state index contributed by atoms with van der Waals surface area (Å²) in [7, 11) is 0. The van der Waals surface area contributed by atoms with Crippen molar-refractivity contribution >= 4 is 6.09 Å². The Kier molecular flexibility index (Phi) is 3.49. The number of hydrogen-bond acceptors (Lipinski definition) is 4. The van der Waals surface area contributed by atoms with Gasteiger partial charge in [-0.3, -0.25) is 0 Å². The molecule has 0 aliphatic carbocycles. The summed E-state index contributed by atoms with van der Waals surface area (Å²) in [5.41, 5.74) is 5.14. The van der Waals surface area contributed by atoms with Gasteiger partial charge in [-0.05, 0) is 6.42 Å². The number of aliphatic hydroxyl groups is 1. The van der Waals surface area contributed by atoms with Gasteiger partial charge < -0.3 is 20.5 Å². The fraction of sp³-hybridized carbons (Fsp3) is 0.667. The van der Waals surface area contributed by atoms with Crippen LogP contribution in [0.3, 0.4) is 0 Å². The van der Waals surface area contributed by atoms with E-state index in [1.54, 1.807) is 0 Å². The summed E-state index contributed by atoms with van der Waals surface area (Å²) in [6.07, 6.45) is 1.72. The lowest BCUT2D eigenvalue weighted by Crippen LogP contribution is -2.47. The first kappa shape index (κ1) is 11.0. The van der Waals surface area contributed by atoms with Gasteiger partial charge in [-0.15, -0.1) is 0 Å². The summed E-state index contributed by atoms with van der Waals surface area (Å²) >= 11 is 0. The van der Waals surface area contributed by atoms with E-state index in [0.717, 1.165) is 0 Å². The number of nitrogens with two attached hydrogens (primary N) is 1. The molecule has 14 heavy (non-hydrogen) atoms. The van der Waals surface area contributed by atoms with E-state index in [0.29, 0.717) is 19.5 Å². The normalized spacial score (nSPS) is 26.3. The van der Waals surface area contributed by atoms with Crippen LogP contribution >= 0.6 is 0 Å². The van der Waals surface area contributed by atoms with Crippen LogP contribution in [0.2, 0.25) is 0 Å². The summed E-state index contributed by atoms with van der Waals surface area (Å²) in [5.74, 6) is 0. The Balaban J connectivity index is 2.41.